The van der Waals surface area contributed by atoms with Gasteiger partial charge in [0.15, 0.2) is 18.7 Å². The number of carboxylic acids is 1. The normalized spacial score (nSPS) is 17.1. The van der Waals surface area contributed by atoms with E-state index >= 15 is 0 Å². The van der Waals surface area contributed by atoms with Crippen LogP contribution in [0.15, 0.2) is 0 Å². The molecule has 0 aromatic carbocycles. The fourth-order valence-corrected chi connectivity index (χ4v) is 1.93. The van der Waals surface area contributed by atoms with Crippen molar-refractivity contribution in [2.24, 2.45) is 0 Å². The van der Waals surface area contributed by atoms with E-state index in [0.29, 0.717) is 11.3 Å². The second-order valence-electron chi connectivity index (χ2n) is 5.21. The van der Waals surface area contributed by atoms with Crippen LogP contribution in [0.5, 0.6) is 0 Å². The molecule has 0 radical (unpaired) electrons. The number of aliphatic carboxylic acids is 1. The molecule has 0 heterocycles. The minimum absolute atomic E-state index is 0. The van der Waals surface area contributed by atoms with E-state index in [1.165, 1.54) is 20.8 Å². The number of quaternary nitrogens is 1. The molecule has 4 unspecified atom stereocenters. The van der Waals surface area contributed by atoms with E-state index in [2.05, 4.69) is 6.92 Å². The first-order valence-electron chi connectivity index (χ1n) is 7.44. The van der Waals surface area contributed by atoms with Gasteiger partial charge in [-0.25, -0.2) is 0 Å². The Labute approximate surface area is 147 Å². The van der Waals surface area contributed by atoms with Crippen LogP contribution in [-0.2, 0) is 26.5 Å². The molecule has 0 amide bonds. The molecule has 0 saturated heterocycles. The average molecular weight is 357 g/mol. The Morgan fingerprint density at radius 2 is 1.36 bits per heavy atom. The topological polar surface area (TPSA) is 125 Å². The van der Waals surface area contributed by atoms with Gasteiger partial charge in [-0.15, -0.1) is 0 Å². The summed E-state index contributed by atoms with van der Waals surface area (Å²) in [4.78, 5) is 10.4. The van der Waals surface area contributed by atoms with Crippen molar-refractivity contribution >= 4 is 5.97 Å². The van der Waals surface area contributed by atoms with Gasteiger partial charge in [0.1, 0.15) is 0 Å². The van der Waals surface area contributed by atoms with Gasteiger partial charge < -0.3 is 30.3 Å². The number of unbranched alkanes of at least 4 members (excludes halogenated alkanes) is 3. The summed E-state index contributed by atoms with van der Waals surface area (Å²) in [6.45, 7) is 6.65. The standard InChI is InChI=1S/C8H16O3.C6H15NO3.Ti/c1-2-3-4-5-6-7(9)8(10)11;1-4(8)7(5(2)9)6(3)10;/h7,9H,2-6H2,1H3,(H,10,11);4-6,8-10H,1-3H3;. The second-order valence-corrected chi connectivity index (χ2v) is 5.21. The van der Waals surface area contributed by atoms with Crippen molar-refractivity contribution in [1.82, 2.24) is 0 Å². The number of carbonyl (C=O) groups excluding carboxylic acids is 1. The predicted octanol–water partition coefficient (Wildman–Crippen LogP) is -2.05. The van der Waals surface area contributed by atoms with Crippen molar-refractivity contribution in [2.75, 3.05) is 0 Å². The summed E-state index contributed by atoms with van der Waals surface area (Å²) in [6.07, 6.45) is 0.764. The van der Waals surface area contributed by atoms with Crippen LogP contribution in [0.3, 0.4) is 0 Å². The summed E-state index contributed by atoms with van der Waals surface area (Å²) in [5.41, 5.74) is 0. The quantitative estimate of drug-likeness (QED) is 0.184. The van der Waals surface area contributed by atoms with Crippen molar-refractivity contribution in [3.05, 3.63) is 0 Å². The number of carbonyl (C=O) groups is 1. The van der Waals surface area contributed by atoms with E-state index < -0.39 is 30.8 Å². The molecular weight excluding hydrogens is 326 g/mol. The van der Waals surface area contributed by atoms with Gasteiger partial charge in [-0.1, -0.05) is 32.6 Å². The molecule has 8 heteroatoms. The minimum atomic E-state index is -1.36. The zero-order chi connectivity index (χ0) is 17.0. The third-order valence-corrected chi connectivity index (χ3v) is 3.05. The largest absolute Gasteiger partial charge is 0.547 e. The van der Waals surface area contributed by atoms with Crippen LogP contribution in [0.4, 0.5) is 0 Å². The number of hydrogen-bond acceptors (Lipinski definition) is 6. The summed E-state index contributed by atoms with van der Waals surface area (Å²) < 4.78 is 0. The Balaban J connectivity index is -0.000000315. The molecule has 0 saturated carbocycles. The summed E-state index contributed by atoms with van der Waals surface area (Å²) >= 11 is 0. The molecule has 0 aliphatic carbocycles. The van der Waals surface area contributed by atoms with Gasteiger partial charge in [0.05, 0.1) is 12.1 Å². The number of hydrogen-bond donors (Lipinski definition) is 5. The van der Waals surface area contributed by atoms with Gasteiger partial charge >= 0.3 is 0 Å². The predicted molar refractivity (Wildman–Crippen MR) is 75.8 cm³/mol. The van der Waals surface area contributed by atoms with Crippen LogP contribution in [-0.4, -0.2) is 51.2 Å². The molecule has 5 N–H and O–H groups in total. The van der Waals surface area contributed by atoms with Gasteiger partial charge in [-0.2, -0.15) is 0 Å². The van der Waals surface area contributed by atoms with Gasteiger partial charge in [-0.3, -0.25) is 4.90 Å². The van der Waals surface area contributed by atoms with Crippen molar-refractivity contribution in [3.8, 4) is 0 Å². The Kier molecular flexibility index (Phi) is 19.4. The molecule has 0 aromatic heterocycles. The fourth-order valence-electron chi connectivity index (χ4n) is 1.93. The summed E-state index contributed by atoms with van der Waals surface area (Å²) in [6, 6.07) is 0. The Bertz CT molecular complexity index is 245. The molecule has 7 nitrogen and oxygen atoms in total. The first kappa shape index (κ1) is 26.9. The fraction of sp³-hybridized carbons (Fsp3) is 0.929. The maximum atomic E-state index is 10.0. The van der Waals surface area contributed by atoms with Crippen molar-refractivity contribution < 1.29 is 56.9 Å². The van der Waals surface area contributed by atoms with Gasteiger partial charge in [-0.05, 0) is 6.42 Å². The molecule has 0 aliphatic rings. The second kappa shape index (κ2) is 15.9. The monoisotopic (exact) mass is 357 g/mol. The van der Waals surface area contributed by atoms with Crippen LogP contribution in [0.2, 0.25) is 0 Å². The summed E-state index contributed by atoms with van der Waals surface area (Å²) in [5.74, 6) is -1.36. The van der Waals surface area contributed by atoms with Gasteiger partial charge in [0.25, 0.3) is 0 Å². The van der Waals surface area contributed by atoms with Crippen LogP contribution in [0.1, 0.15) is 59.8 Å². The Morgan fingerprint density at radius 1 is 0.955 bits per heavy atom. The number of rotatable bonds is 9. The van der Waals surface area contributed by atoms with Crippen molar-refractivity contribution in [2.45, 2.75) is 84.6 Å². The number of nitrogens with one attached hydrogen (secondary N) is 1. The van der Waals surface area contributed by atoms with Crippen molar-refractivity contribution in [1.29, 1.82) is 0 Å². The smallest absolute Gasteiger partial charge is 0.190 e. The number of aliphatic hydroxyl groups excluding tert-OH is 4. The molecule has 0 aromatic rings. The molecular formula is C14H31NO6Ti. The zero-order valence-electron chi connectivity index (χ0n) is 14.0. The molecule has 132 valence electrons. The Hall–Kier alpha value is -0.0157. The van der Waals surface area contributed by atoms with E-state index in [9.17, 15) is 9.90 Å². The molecule has 0 spiro atoms. The molecule has 0 bridgehead atoms. The molecule has 0 rings (SSSR count). The maximum absolute atomic E-state index is 10.0. The van der Waals surface area contributed by atoms with Crippen molar-refractivity contribution in [3.63, 3.8) is 0 Å². The SMILES string of the molecule is CC(O)[NH+](C(C)O)C(C)O.CCCCCCC(O)C(=O)[O-].[Ti]. The van der Waals surface area contributed by atoms with E-state index in [1.54, 1.807) is 0 Å². The molecule has 4 atom stereocenters. The molecule has 22 heavy (non-hydrogen) atoms. The first-order chi connectivity index (χ1) is 9.64. The summed E-state index contributed by atoms with van der Waals surface area (Å²) in [7, 11) is 0. The number of aliphatic hydroxyl groups is 4. The van der Waals surface area contributed by atoms with Crippen LogP contribution >= 0.6 is 0 Å². The van der Waals surface area contributed by atoms with E-state index in [1.807, 2.05) is 0 Å². The van der Waals surface area contributed by atoms with E-state index in [4.69, 9.17) is 20.4 Å². The Morgan fingerprint density at radius 3 is 1.59 bits per heavy atom. The van der Waals surface area contributed by atoms with Crippen LogP contribution in [0, 0.1) is 0 Å². The van der Waals surface area contributed by atoms with E-state index in [0.717, 1.165) is 25.7 Å². The van der Waals surface area contributed by atoms with Gasteiger partial charge in [0, 0.05) is 42.5 Å². The van der Waals surface area contributed by atoms with Crippen LogP contribution < -0.4 is 10.0 Å². The molecule has 0 fully saturated rings. The maximum Gasteiger partial charge on any atom is 0.190 e. The average Bonchev–Trinajstić information content (AvgIpc) is 2.33. The first-order valence-corrected chi connectivity index (χ1v) is 7.44. The van der Waals surface area contributed by atoms with E-state index in [-0.39, 0.29) is 21.7 Å². The molecule has 0 aliphatic heterocycles. The summed E-state index contributed by atoms with van der Waals surface area (Å²) in [5, 5.41) is 45.8. The number of carboxylic acid groups (broad SMARTS) is 1. The van der Waals surface area contributed by atoms with Gasteiger partial charge in [0.2, 0.25) is 0 Å². The third-order valence-electron chi connectivity index (χ3n) is 3.05. The minimum Gasteiger partial charge on any atom is -0.547 e. The third kappa shape index (κ3) is 14.9. The zero-order valence-corrected chi connectivity index (χ0v) is 15.5. The van der Waals surface area contributed by atoms with Crippen LogP contribution in [0.25, 0.3) is 0 Å².